The Kier molecular flexibility index (Phi) is 28.6. The van der Waals surface area contributed by atoms with E-state index in [0.29, 0.717) is 37.9 Å². The average molecular weight is 852 g/mol. The highest BCUT2D eigenvalue weighted by Gasteiger charge is 2.22. The molecule has 0 spiro atoms. The van der Waals surface area contributed by atoms with Crippen LogP contribution in [0.4, 0.5) is 20.1 Å². The van der Waals surface area contributed by atoms with E-state index in [1.165, 1.54) is 45.7 Å². The maximum absolute atomic E-state index is 12.2. The molecular weight excluding hydrogens is 779 g/mol. The Labute approximate surface area is 363 Å². The van der Waals surface area contributed by atoms with Crippen LogP contribution in [0.3, 0.4) is 0 Å². The molecule has 0 aliphatic rings. The zero-order valence-corrected chi connectivity index (χ0v) is 36.9. The third-order valence-corrected chi connectivity index (χ3v) is 9.54. The molecule has 15 heteroatoms. The van der Waals surface area contributed by atoms with Crippen molar-refractivity contribution in [3.05, 3.63) is 65.2 Å². The number of ketones is 5. The van der Waals surface area contributed by atoms with Gasteiger partial charge in [0.1, 0.15) is 11.6 Å². The van der Waals surface area contributed by atoms with Gasteiger partial charge in [0.25, 0.3) is 0 Å². The Morgan fingerprint density at radius 1 is 0.508 bits per heavy atom. The number of Topliss-reactive ketones (excluding diaryl/α,β-unsaturated/α-hetero) is 5. The molecule has 61 heavy (non-hydrogen) atoms. The molecule has 0 saturated carbocycles. The van der Waals surface area contributed by atoms with Gasteiger partial charge >= 0.3 is 18.1 Å². The molecule has 2 rings (SSSR count). The summed E-state index contributed by atoms with van der Waals surface area (Å²) in [5, 5.41) is 19.6. The van der Waals surface area contributed by atoms with Gasteiger partial charge in [-0.25, -0.2) is 14.4 Å². The Morgan fingerprint density at radius 3 is 1.41 bits per heavy atom. The van der Waals surface area contributed by atoms with Crippen molar-refractivity contribution >= 4 is 52.7 Å². The minimum atomic E-state index is -0.775. The van der Waals surface area contributed by atoms with Gasteiger partial charge in [0.2, 0.25) is 0 Å². The van der Waals surface area contributed by atoms with E-state index in [2.05, 4.69) is 68.4 Å². The molecule has 0 aliphatic heterocycles. The molecule has 0 aromatic heterocycles. The molecule has 2 aromatic rings. The maximum Gasteiger partial charge on any atom is 0.319 e. The predicted octanol–water partition coefficient (Wildman–Crippen LogP) is 6.78. The van der Waals surface area contributed by atoms with Crippen LogP contribution in [0.15, 0.2) is 48.5 Å². The Balaban J connectivity index is 0.00000117. The van der Waals surface area contributed by atoms with Gasteiger partial charge in [-0.15, -0.1) is 0 Å². The standard InChI is InChI=1S/C23H34N4O5.C22H35N3O3.CH4/c1-15-8-11-19(12-9-15)25-22(31)24-14-6-5-7-20(17(3)29)26-23(32)27-21(18(4)30)13-10-16(2)28;1-16-8-11-20(12-9-16)15-23-14-6-5-7-17(2)24-22(28)25-21(19(4)27)13-10-18(3)26;/h8-9,11-12,20-21H,5-7,10,13-14H2,1-4H3,(H2,24,25,31)(H2,26,27,32);8-9,11-12,17,21,23H,5-7,10,13-15H2,1-4H3,(H2,24,25,28);1H4. The van der Waals surface area contributed by atoms with E-state index in [1.807, 2.05) is 38.1 Å². The van der Waals surface area contributed by atoms with Gasteiger partial charge in [-0.1, -0.05) is 61.4 Å². The van der Waals surface area contributed by atoms with E-state index < -0.39 is 24.2 Å². The number of nitrogens with one attached hydrogen (secondary N) is 7. The van der Waals surface area contributed by atoms with Crippen molar-refractivity contribution < 1.29 is 38.4 Å². The highest BCUT2D eigenvalue weighted by Crippen LogP contribution is 2.09. The maximum atomic E-state index is 12.2. The second-order valence-electron chi connectivity index (χ2n) is 15.5. The molecule has 4 atom stereocenters. The van der Waals surface area contributed by atoms with E-state index in [1.54, 1.807) is 0 Å². The first-order valence-corrected chi connectivity index (χ1v) is 20.9. The molecule has 6 amide bonds. The number of carbonyl (C=O) groups is 8. The number of hydrogen-bond donors (Lipinski definition) is 7. The fourth-order valence-electron chi connectivity index (χ4n) is 5.81. The molecule has 0 heterocycles. The highest BCUT2D eigenvalue weighted by atomic mass is 16.2. The van der Waals surface area contributed by atoms with Gasteiger partial charge in [-0.05, 0) is 125 Å². The zero-order chi connectivity index (χ0) is 45.0. The van der Waals surface area contributed by atoms with Crippen LogP contribution in [0.5, 0.6) is 0 Å². The van der Waals surface area contributed by atoms with Crippen LogP contribution in [0.1, 0.15) is 130 Å². The monoisotopic (exact) mass is 852 g/mol. The Morgan fingerprint density at radius 2 is 0.934 bits per heavy atom. The molecule has 7 N–H and O–H groups in total. The van der Waals surface area contributed by atoms with Crippen LogP contribution in [0, 0.1) is 13.8 Å². The quantitative estimate of drug-likeness (QED) is 0.0496. The summed E-state index contributed by atoms with van der Waals surface area (Å²) in [6.45, 7) is 15.3. The predicted molar refractivity (Wildman–Crippen MR) is 242 cm³/mol. The number of benzene rings is 2. The minimum absolute atomic E-state index is 0. The number of carbonyl (C=O) groups excluding carboxylic acids is 8. The lowest BCUT2D eigenvalue weighted by molar-refractivity contribution is -0.121. The van der Waals surface area contributed by atoms with Crippen LogP contribution in [-0.4, -0.2) is 84.3 Å². The summed E-state index contributed by atoms with van der Waals surface area (Å²) in [4.78, 5) is 93.6. The number of anilines is 1. The van der Waals surface area contributed by atoms with Crippen molar-refractivity contribution in [3.63, 3.8) is 0 Å². The van der Waals surface area contributed by atoms with E-state index in [-0.39, 0.29) is 73.7 Å². The lowest BCUT2D eigenvalue weighted by Gasteiger charge is -2.20. The van der Waals surface area contributed by atoms with E-state index in [0.717, 1.165) is 37.9 Å². The summed E-state index contributed by atoms with van der Waals surface area (Å²) in [6.07, 6.45) is 5.59. The summed E-state index contributed by atoms with van der Waals surface area (Å²) in [5.74, 6) is -0.646. The summed E-state index contributed by atoms with van der Waals surface area (Å²) >= 11 is 0. The first kappa shape index (κ1) is 55.6. The smallest absolute Gasteiger partial charge is 0.319 e. The van der Waals surface area contributed by atoms with Crippen LogP contribution in [0.25, 0.3) is 0 Å². The van der Waals surface area contributed by atoms with Crippen molar-refractivity contribution in [2.45, 2.75) is 158 Å². The van der Waals surface area contributed by atoms with Crippen LogP contribution in [0.2, 0.25) is 0 Å². The third-order valence-electron chi connectivity index (χ3n) is 9.54. The normalized spacial score (nSPS) is 12.3. The summed E-state index contributed by atoms with van der Waals surface area (Å²) in [7, 11) is 0. The first-order chi connectivity index (χ1) is 28.4. The Hall–Kier alpha value is -5.44. The molecule has 2 aromatic carbocycles. The number of rotatable bonds is 26. The van der Waals surface area contributed by atoms with Crippen molar-refractivity contribution in [2.75, 3.05) is 18.4 Å². The SMILES string of the molecule is C.CC(=O)CCC(NC(=O)NC(C)CCCCNCc1ccc(C)cc1)C(C)=O.CC(=O)CCC(NC(=O)NC(CCCCNC(=O)Nc1ccc(C)cc1)C(C)=O)C(C)=O. The minimum Gasteiger partial charge on any atom is -0.338 e. The van der Waals surface area contributed by atoms with Gasteiger partial charge in [0, 0.05) is 37.7 Å². The number of urea groups is 3. The largest absolute Gasteiger partial charge is 0.338 e. The van der Waals surface area contributed by atoms with Crippen LogP contribution in [-0.2, 0) is 30.5 Å². The number of hydrogen-bond acceptors (Lipinski definition) is 9. The molecule has 0 bridgehead atoms. The van der Waals surface area contributed by atoms with E-state index in [4.69, 9.17) is 0 Å². The topological polar surface area (TPSA) is 221 Å². The lowest BCUT2D eigenvalue weighted by atomic mass is 10.1. The summed E-state index contributed by atoms with van der Waals surface area (Å²) < 4.78 is 0. The first-order valence-electron chi connectivity index (χ1n) is 20.9. The van der Waals surface area contributed by atoms with Crippen molar-refractivity contribution in [3.8, 4) is 0 Å². The molecule has 0 aliphatic carbocycles. The molecule has 340 valence electrons. The Bertz CT molecular complexity index is 1680. The lowest BCUT2D eigenvalue weighted by Crippen LogP contribution is -2.50. The molecule has 4 unspecified atom stereocenters. The van der Waals surface area contributed by atoms with E-state index >= 15 is 0 Å². The fourth-order valence-corrected chi connectivity index (χ4v) is 5.81. The highest BCUT2D eigenvalue weighted by molar-refractivity contribution is 5.91. The van der Waals surface area contributed by atoms with Gasteiger partial charge in [0.05, 0.1) is 18.1 Å². The van der Waals surface area contributed by atoms with Crippen LogP contribution >= 0.6 is 0 Å². The molecular formula is C46H73N7O8. The second-order valence-corrected chi connectivity index (χ2v) is 15.5. The van der Waals surface area contributed by atoms with Gasteiger partial charge in [-0.2, -0.15) is 0 Å². The number of unbranched alkanes of at least 4 members (excludes halogenated alkanes) is 2. The van der Waals surface area contributed by atoms with Gasteiger partial charge < -0.3 is 46.8 Å². The molecule has 0 saturated heterocycles. The number of amides is 6. The average Bonchev–Trinajstić information content (AvgIpc) is 3.17. The second kappa shape index (κ2) is 31.4. The molecule has 0 fully saturated rings. The fraction of sp³-hybridized carbons (Fsp3) is 0.565. The summed E-state index contributed by atoms with van der Waals surface area (Å²) in [5.41, 5.74) is 4.35. The van der Waals surface area contributed by atoms with Gasteiger partial charge in [-0.3, -0.25) is 14.4 Å². The van der Waals surface area contributed by atoms with Crippen molar-refractivity contribution in [1.29, 1.82) is 0 Å². The van der Waals surface area contributed by atoms with Crippen molar-refractivity contribution in [2.24, 2.45) is 0 Å². The summed E-state index contributed by atoms with van der Waals surface area (Å²) in [6, 6.07) is 12.6. The van der Waals surface area contributed by atoms with Gasteiger partial charge in [0.15, 0.2) is 17.3 Å². The molecule has 0 radical (unpaired) electrons. The van der Waals surface area contributed by atoms with Crippen LogP contribution < -0.4 is 37.2 Å². The third kappa shape index (κ3) is 27.9. The number of aryl methyl sites for hydroxylation is 2. The van der Waals surface area contributed by atoms with Crippen molar-refractivity contribution in [1.82, 2.24) is 31.9 Å². The molecule has 15 nitrogen and oxygen atoms in total. The van der Waals surface area contributed by atoms with E-state index in [9.17, 15) is 38.4 Å². The zero-order valence-electron chi connectivity index (χ0n) is 36.9.